The predicted octanol–water partition coefficient (Wildman–Crippen LogP) is 3.45. The molecular weight excluding hydrogens is 367 g/mol. The van der Waals surface area contributed by atoms with Crippen molar-refractivity contribution in [2.45, 2.75) is 50.7 Å². The monoisotopic (exact) mass is 394 g/mol. The van der Waals surface area contributed by atoms with E-state index in [1.807, 2.05) is 4.90 Å². The van der Waals surface area contributed by atoms with Gasteiger partial charge in [-0.3, -0.25) is 9.69 Å². The molecule has 1 aromatic rings. The lowest BCUT2D eigenvalue weighted by molar-refractivity contribution is -0.150. The number of nitrogens with zero attached hydrogens (tertiary/aromatic N) is 2. The average molecular weight is 395 g/mol. The first kappa shape index (κ1) is 19.2. The van der Waals surface area contributed by atoms with Crippen molar-refractivity contribution in [3.05, 3.63) is 34.6 Å². The summed E-state index contributed by atoms with van der Waals surface area (Å²) >= 11 is 6.22. The Balaban J connectivity index is 1.42. The third kappa shape index (κ3) is 4.01. The smallest absolute Gasteiger partial charge is 0.225 e. The van der Waals surface area contributed by atoms with Gasteiger partial charge < -0.3 is 10.0 Å². The zero-order valence-electron chi connectivity index (χ0n) is 15.7. The second-order valence-electron chi connectivity index (χ2n) is 8.54. The van der Waals surface area contributed by atoms with Gasteiger partial charge in [-0.05, 0) is 49.4 Å². The largest absolute Gasteiger partial charge is 0.389 e. The number of hydrogen-bond donors (Lipinski definition) is 1. The summed E-state index contributed by atoms with van der Waals surface area (Å²) in [5.74, 6) is 0.216. The quantitative estimate of drug-likeness (QED) is 0.853. The summed E-state index contributed by atoms with van der Waals surface area (Å²) in [4.78, 5) is 17.0. The van der Waals surface area contributed by atoms with Crippen molar-refractivity contribution in [2.75, 3.05) is 26.2 Å². The van der Waals surface area contributed by atoms with Crippen molar-refractivity contribution < 1.29 is 14.3 Å². The van der Waals surface area contributed by atoms with E-state index in [2.05, 4.69) is 4.90 Å². The number of fused-ring (bicyclic) bond motifs is 1. The molecule has 0 bridgehead atoms. The van der Waals surface area contributed by atoms with E-state index in [4.69, 9.17) is 11.6 Å². The van der Waals surface area contributed by atoms with Gasteiger partial charge in [-0.2, -0.15) is 0 Å². The maximum absolute atomic E-state index is 13.6. The highest BCUT2D eigenvalue weighted by Gasteiger charge is 2.46. The average Bonchev–Trinajstić information content (AvgIpc) is 3.19. The molecule has 4 nitrogen and oxygen atoms in total. The molecule has 0 spiro atoms. The van der Waals surface area contributed by atoms with Crippen LogP contribution in [0.25, 0.3) is 0 Å². The van der Waals surface area contributed by atoms with Crippen LogP contribution in [-0.2, 0) is 11.3 Å². The minimum atomic E-state index is -0.686. The number of benzene rings is 1. The molecule has 1 saturated carbocycles. The van der Waals surface area contributed by atoms with E-state index in [0.717, 1.165) is 37.8 Å². The van der Waals surface area contributed by atoms with Gasteiger partial charge in [0.15, 0.2) is 0 Å². The fourth-order valence-corrected chi connectivity index (χ4v) is 5.23. The second-order valence-corrected chi connectivity index (χ2v) is 8.94. The number of carbonyl (C=O) groups excluding carboxylic acids is 1. The Bertz CT molecular complexity index is 709. The standard InChI is InChI=1S/C21H28ClFN2O2/c22-19-6-5-18(23)11-16(19)12-24-9-7-21(27)8-10-25(14-17(21)13-24)20(26)15-3-1-2-4-15/h5-6,11,15,17,27H,1-4,7-10,12-14H2/t17-,21-/m1/s1. The number of aliphatic hydroxyl groups is 1. The van der Waals surface area contributed by atoms with Crippen molar-refractivity contribution >= 4 is 17.5 Å². The molecule has 2 saturated heterocycles. The van der Waals surface area contributed by atoms with Crippen LogP contribution in [0, 0.1) is 17.7 Å². The molecule has 0 unspecified atom stereocenters. The van der Waals surface area contributed by atoms with Crippen LogP contribution in [0.3, 0.4) is 0 Å². The van der Waals surface area contributed by atoms with Crippen LogP contribution in [0.2, 0.25) is 5.02 Å². The zero-order valence-corrected chi connectivity index (χ0v) is 16.4. The summed E-state index contributed by atoms with van der Waals surface area (Å²) in [6.45, 7) is 3.32. The molecule has 27 heavy (non-hydrogen) atoms. The van der Waals surface area contributed by atoms with Crippen molar-refractivity contribution in [2.24, 2.45) is 11.8 Å². The van der Waals surface area contributed by atoms with Crippen LogP contribution < -0.4 is 0 Å². The molecule has 2 heterocycles. The highest BCUT2D eigenvalue weighted by Crippen LogP contribution is 2.37. The van der Waals surface area contributed by atoms with Gasteiger partial charge in [-0.1, -0.05) is 24.4 Å². The maximum Gasteiger partial charge on any atom is 0.225 e. The lowest BCUT2D eigenvalue weighted by Gasteiger charge is -2.50. The topological polar surface area (TPSA) is 43.8 Å². The van der Waals surface area contributed by atoms with E-state index in [0.29, 0.717) is 44.0 Å². The van der Waals surface area contributed by atoms with Crippen LogP contribution in [-0.4, -0.2) is 52.6 Å². The van der Waals surface area contributed by atoms with Crippen molar-refractivity contribution in [1.82, 2.24) is 9.80 Å². The van der Waals surface area contributed by atoms with Gasteiger partial charge in [0, 0.05) is 49.6 Å². The Morgan fingerprint density at radius 2 is 1.96 bits per heavy atom. The van der Waals surface area contributed by atoms with E-state index in [9.17, 15) is 14.3 Å². The molecule has 1 N–H and O–H groups in total. The molecule has 3 aliphatic rings. The van der Waals surface area contributed by atoms with E-state index in [-0.39, 0.29) is 23.6 Å². The molecule has 4 rings (SSSR count). The van der Waals surface area contributed by atoms with E-state index in [1.54, 1.807) is 6.07 Å². The molecule has 2 atom stereocenters. The third-order valence-electron chi connectivity index (χ3n) is 6.77. The van der Waals surface area contributed by atoms with Gasteiger partial charge >= 0.3 is 0 Å². The highest BCUT2D eigenvalue weighted by molar-refractivity contribution is 6.31. The molecule has 1 aromatic carbocycles. The molecule has 3 fully saturated rings. The van der Waals surface area contributed by atoms with Crippen LogP contribution in [0.15, 0.2) is 18.2 Å². The molecule has 0 aromatic heterocycles. The van der Waals surface area contributed by atoms with Crippen LogP contribution in [0.1, 0.15) is 44.1 Å². The first-order valence-electron chi connectivity index (χ1n) is 10.1. The summed E-state index contributed by atoms with van der Waals surface area (Å²) in [7, 11) is 0. The molecule has 2 aliphatic heterocycles. The van der Waals surface area contributed by atoms with Gasteiger partial charge in [-0.15, -0.1) is 0 Å². The maximum atomic E-state index is 13.6. The SMILES string of the molecule is O=C(C1CCCC1)N1CC[C@]2(O)CCN(Cc3cc(F)ccc3Cl)C[C@@H]2C1. The van der Waals surface area contributed by atoms with Crippen LogP contribution in [0.5, 0.6) is 0 Å². The summed E-state index contributed by atoms with van der Waals surface area (Å²) in [6.07, 6.45) is 5.67. The minimum Gasteiger partial charge on any atom is -0.389 e. The molecule has 1 amide bonds. The predicted molar refractivity (Wildman–Crippen MR) is 103 cm³/mol. The molecule has 0 radical (unpaired) electrons. The first-order valence-corrected chi connectivity index (χ1v) is 10.5. The fraction of sp³-hybridized carbons (Fsp3) is 0.667. The molecule has 6 heteroatoms. The van der Waals surface area contributed by atoms with Gasteiger partial charge in [-0.25, -0.2) is 4.39 Å². The molecular formula is C21H28ClFN2O2. The Kier molecular flexibility index (Phi) is 5.45. The van der Waals surface area contributed by atoms with E-state index in [1.165, 1.54) is 12.1 Å². The summed E-state index contributed by atoms with van der Waals surface area (Å²) in [5.41, 5.74) is 0.0890. The molecule has 148 valence electrons. The van der Waals surface area contributed by atoms with E-state index < -0.39 is 5.60 Å². The highest BCUT2D eigenvalue weighted by atomic mass is 35.5. The number of likely N-dealkylation sites (tertiary alicyclic amines) is 2. The lowest BCUT2D eigenvalue weighted by atomic mass is 9.75. The Morgan fingerprint density at radius 3 is 2.74 bits per heavy atom. The van der Waals surface area contributed by atoms with Crippen LogP contribution >= 0.6 is 11.6 Å². The molecule has 1 aliphatic carbocycles. The Morgan fingerprint density at radius 1 is 1.22 bits per heavy atom. The van der Waals surface area contributed by atoms with Gasteiger partial charge in [0.2, 0.25) is 5.91 Å². The van der Waals surface area contributed by atoms with Gasteiger partial charge in [0.05, 0.1) is 5.60 Å². The van der Waals surface area contributed by atoms with Gasteiger partial charge in [0.25, 0.3) is 0 Å². The zero-order chi connectivity index (χ0) is 19.0. The first-order chi connectivity index (χ1) is 12.9. The van der Waals surface area contributed by atoms with Crippen molar-refractivity contribution in [3.63, 3.8) is 0 Å². The number of carbonyl (C=O) groups is 1. The third-order valence-corrected chi connectivity index (χ3v) is 7.14. The van der Waals surface area contributed by atoms with Crippen molar-refractivity contribution in [1.29, 1.82) is 0 Å². The number of halogens is 2. The fourth-order valence-electron chi connectivity index (χ4n) is 5.05. The van der Waals surface area contributed by atoms with E-state index >= 15 is 0 Å². The normalized spacial score (nSPS) is 29.7. The van der Waals surface area contributed by atoms with Crippen molar-refractivity contribution in [3.8, 4) is 0 Å². The summed E-state index contributed by atoms with van der Waals surface area (Å²) < 4.78 is 13.6. The number of piperidine rings is 2. The lowest BCUT2D eigenvalue weighted by Crippen LogP contribution is -2.60. The Hall–Kier alpha value is -1.17. The van der Waals surface area contributed by atoms with Gasteiger partial charge in [0.1, 0.15) is 5.82 Å². The minimum absolute atomic E-state index is 0.0395. The summed E-state index contributed by atoms with van der Waals surface area (Å²) in [5, 5.41) is 11.7. The number of amides is 1. The second kappa shape index (κ2) is 7.69. The summed E-state index contributed by atoms with van der Waals surface area (Å²) in [6, 6.07) is 4.45. The van der Waals surface area contributed by atoms with Crippen LogP contribution in [0.4, 0.5) is 4.39 Å². The Labute approximate surface area is 165 Å². The number of hydrogen-bond acceptors (Lipinski definition) is 3. The number of rotatable bonds is 3.